The molecule has 1 amide bonds. The first-order valence-corrected chi connectivity index (χ1v) is 9.12. The summed E-state index contributed by atoms with van der Waals surface area (Å²) in [6.45, 7) is 1.62. The van der Waals surface area contributed by atoms with Crippen molar-refractivity contribution in [3.8, 4) is 5.75 Å². The zero-order valence-corrected chi connectivity index (χ0v) is 16.5. The topological polar surface area (TPSA) is 140 Å². The van der Waals surface area contributed by atoms with E-state index in [-0.39, 0.29) is 41.7 Å². The molecule has 1 aliphatic rings. The molecule has 1 aliphatic heterocycles. The molecule has 0 spiro atoms. The van der Waals surface area contributed by atoms with Crippen molar-refractivity contribution in [1.82, 2.24) is 5.32 Å². The first-order valence-electron chi connectivity index (χ1n) is 8.74. The van der Waals surface area contributed by atoms with Gasteiger partial charge in [0.15, 0.2) is 5.96 Å². The van der Waals surface area contributed by atoms with Gasteiger partial charge in [-0.1, -0.05) is 11.6 Å². The number of carboxylic acid groups (broad SMARTS) is 1. The summed E-state index contributed by atoms with van der Waals surface area (Å²) in [5.41, 5.74) is 10.1. The molecule has 8 nitrogen and oxygen atoms in total. The monoisotopic (exact) mass is 448 g/mol. The van der Waals surface area contributed by atoms with Crippen molar-refractivity contribution < 1.29 is 32.6 Å². The maximum Gasteiger partial charge on any atom is 0.429 e. The molecule has 0 fully saturated rings. The third kappa shape index (κ3) is 5.78. The average Bonchev–Trinajstić information content (AvgIpc) is 2.61. The number of benzene rings is 1. The molecule has 0 aromatic heterocycles. The zero-order chi connectivity index (χ0) is 22.6. The molecule has 164 valence electrons. The Morgan fingerprint density at radius 1 is 1.37 bits per heavy atom. The molecular formula is C18H20ClF3N4O4. The highest BCUT2D eigenvalue weighted by atomic mass is 35.5. The van der Waals surface area contributed by atoms with Crippen LogP contribution < -0.4 is 21.5 Å². The molecule has 0 saturated carbocycles. The molecule has 0 bridgehead atoms. The van der Waals surface area contributed by atoms with E-state index in [0.717, 1.165) is 6.08 Å². The fraction of sp³-hybridized carbons (Fsp3) is 0.389. The summed E-state index contributed by atoms with van der Waals surface area (Å²) in [5.74, 6) is -2.86. The summed E-state index contributed by atoms with van der Waals surface area (Å²) in [6, 6.07) is 1.35. The van der Waals surface area contributed by atoms with E-state index in [9.17, 15) is 27.9 Å². The largest absolute Gasteiger partial charge is 0.480 e. The van der Waals surface area contributed by atoms with Gasteiger partial charge in [0.25, 0.3) is 5.91 Å². The molecule has 6 N–H and O–H groups in total. The minimum Gasteiger partial charge on any atom is -0.480 e. The Morgan fingerprint density at radius 2 is 2.03 bits per heavy atom. The summed E-state index contributed by atoms with van der Waals surface area (Å²) < 4.78 is 45.7. The van der Waals surface area contributed by atoms with Gasteiger partial charge in [-0.3, -0.25) is 9.79 Å². The molecule has 1 aromatic carbocycles. The molecule has 1 aromatic rings. The predicted molar refractivity (Wildman–Crippen MR) is 104 cm³/mol. The lowest BCUT2D eigenvalue weighted by molar-refractivity contribution is -0.185. The van der Waals surface area contributed by atoms with Gasteiger partial charge in [-0.25, -0.2) is 4.79 Å². The molecule has 2 atom stereocenters. The van der Waals surface area contributed by atoms with E-state index in [2.05, 4.69) is 10.3 Å². The molecule has 2 rings (SSSR count). The molecule has 12 heteroatoms. The van der Waals surface area contributed by atoms with Crippen LogP contribution in [-0.2, 0) is 9.59 Å². The molecular weight excluding hydrogens is 429 g/mol. The van der Waals surface area contributed by atoms with Crippen LogP contribution in [-0.4, -0.2) is 47.8 Å². The van der Waals surface area contributed by atoms with E-state index in [0.29, 0.717) is 5.56 Å². The molecule has 30 heavy (non-hydrogen) atoms. The molecule has 1 heterocycles. The van der Waals surface area contributed by atoms with E-state index in [4.69, 9.17) is 27.8 Å². The number of nitrogens with two attached hydrogens (primary N) is 2. The number of aliphatic imine (C=N–C) groups is 1. The van der Waals surface area contributed by atoms with Crippen LogP contribution in [0.3, 0.4) is 0 Å². The van der Waals surface area contributed by atoms with Crippen LogP contribution in [0.1, 0.15) is 24.0 Å². The second kappa shape index (κ2) is 9.24. The number of hydrogen-bond donors (Lipinski definition) is 4. The second-order valence-electron chi connectivity index (χ2n) is 6.59. The Balaban J connectivity index is 2.29. The third-order valence-electron chi connectivity index (χ3n) is 4.21. The summed E-state index contributed by atoms with van der Waals surface area (Å²) in [5, 5.41) is 11.7. The average molecular weight is 449 g/mol. The van der Waals surface area contributed by atoms with Crippen molar-refractivity contribution in [2.45, 2.75) is 38.1 Å². The highest BCUT2D eigenvalue weighted by Crippen LogP contribution is 2.40. The van der Waals surface area contributed by atoms with Gasteiger partial charge in [-0.15, -0.1) is 0 Å². The minimum atomic E-state index is -4.90. The Bertz CT molecular complexity index is 898. The van der Waals surface area contributed by atoms with Crippen molar-refractivity contribution in [2.24, 2.45) is 16.5 Å². The highest BCUT2D eigenvalue weighted by Gasteiger charge is 2.48. The Hall–Kier alpha value is -2.95. The number of carboxylic acids is 1. The molecule has 0 aliphatic carbocycles. The number of fused-ring (bicyclic) bond motifs is 1. The standard InChI is InChI=1S/C18H20ClF3N4O4/c1-8-5-10(19)6-9-7-11(14(18(20,21)22)30-13(8)9)15(27)26-12(16(28)29)3-2-4-25-17(23)24/h5-7,12,14H,2-4H2,1H3,(H,26,27)(H,28,29)(H4,23,24,25)/t12?,14-/m0/s1. The number of aliphatic carboxylic acids is 1. The fourth-order valence-corrected chi connectivity index (χ4v) is 3.16. The molecule has 0 radical (unpaired) electrons. The number of carbonyl (C=O) groups excluding carboxylic acids is 1. The number of alkyl halides is 3. The Labute approximate surface area is 174 Å². The van der Waals surface area contributed by atoms with Crippen molar-refractivity contribution in [2.75, 3.05) is 6.54 Å². The second-order valence-corrected chi connectivity index (χ2v) is 7.03. The predicted octanol–water partition coefficient (Wildman–Crippen LogP) is 1.98. The lowest BCUT2D eigenvalue weighted by Crippen LogP contribution is -2.47. The van der Waals surface area contributed by atoms with E-state index in [1.807, 2.05) is 0 Å². The van der Waals surface area contributed by atoms with Gasteiger partial charge < -0.3 is 26.6 Å². The lowest BCUT2D eigenvalue weighted by Gasteiger charge is -2.30. The number of aryl methyl sites for hydroxylation is 1. The lowest BCUT2D eigenvalue weighted by atomic mass is 9.98. The van der Waals surface area contributed by atoms with Crippen LogP contribution >= 0.6 is 11.6 Å². The number of guanidine groups is 1. The number of nitrogens with one attached hydrogen (secondary N) is 1. The van der Waals surface area contributed by atoms with Crippen molar-refractivity contribution in [1.29, 1.82) is 0 Å². The van der Waals surface area contributed by atoms with E-state index >= 15 is 0 Å². The van der Waals surface area contributed by atoms with Gasteiger partial charge in [0.1, 0.15) is 11.8 Å². The summed E-state index contributed by atoms with van der Waals surface area (Å²) >= 11 is 5.94. The fourth-order valence-electron chi connectivity index (χ4n) is 2.88. The molecule has 1 unspecified atom stereocenters. The first-order chi connectivity index (χ1) is 13.9. The Kier molecular flexibility index (Phi) is 7.19. The van der Waals surface area contributed by atoms with Gasteiger partial charge >= 0.3 is 12.1 Å². The number of rotatable bonds is 7. The highest BCUT2D eigenvalue weighted by molar-refractivity contribution is 6.30. The maximum absolute atomic E-state index is 13.6. The number of ether oxygens (including phenoxy) is 1. The summed E-state index contributed by atoms with van der Waals surface area (Å²) in [6.07, 6.45) is -6.36. The zero-order valence-electron chi connectivity index (χ0n) is 15.8. The van der Waals surface area contributed by atoms with Gasteiger partial charge in [0.05, 0.1) is 5.57 Å². The Morgan fingerprint density at radius 3 is 2.60 bits per heavy atom. The number of hydrogen-bond acceptors (Lipinski definition) is 4. The van der Waals surface area contributed by atoms with Crippen molar-refractivity contribution >= 4 is 35.5 Å². The summed E-state index contributed by atoms with van der Waals surface area (Å²) in [4.78, 5) is 27.7. The van der Waals surface area contributed by atoms with Crippen LogP contribution in [0.2, 0.25) is 5.02 Å². The van der Waals surface area contributed by atoms with Crippen LogP contribution in [0.5, 0.6) is 5.75 Å². The van der Waals surface area contributed by atoms with Gasteiger partial charge in [-0.2, -0.15) is 13.2 Å². The quantitative estimate of drug-likeness (QED) is 0.285. The van der Waals surface area contributed by atoms with Crippen LogP contribution in [0.25, 0.3) is 6.08 Å². The maximum atomic E-state index is 13.6. The van der Waals surface area contributed by atoms with Crippen LogP contribution in [0.4, 0.5) is 13.2 Å². The minimum absolute atomic E-state index is 0.0507. The van der Waals surface area contributed by atoms with E-state index in [1.165, 1.54) is 19.1 Å². The van der Waals surface area contributed by atoms with Gasteiger partial charge in [0.2, 0.25) is 6.10 Å². The van der Waals surface area contributed by atoms with Crippen LogP contribution in [0.15, 0.2) is 22.7 Å². The van der Waals surface area contributed by atoms with Gasteiger partial charge in [0, 0.05) is 17.1 Å². The normalized spacial score (nSPS) is 16.6. The van der Waals surface area contributed by atoms with E-state index in [1.54, 1.807) is 0 Å². The van der Waals surface area contributed by atoms with Crippen LogP contribution in [0, 0.1) is 6.92 Å². The van der Waals surface area contributed by atoms with Crippen molar-refractivity contribution in [3.63, 3.8) is 0 Å². The smallest absolute Gasteiger partial charge is 0.429 e. The number of carbonyl (C=O) groups is 2. The van der Waals surface area contributed by atoms with E-state index < -0.39 is 35.8 Å². The molecule has 0 saturated heterocycles. The SMILES string of the molecule is Cc1cc(Cl)cc2c1O[C@H](C(F)(F)F)C(C(=O)NC(CCCN=C(N)N)C(=O)O)=C2. The van der Waals surface area contributed by atoms with Crippen molar-refractivity contribution in [3.05, 3.63) is 33.9 Å². The number of halogens is 4. The van der Waals surface area contributed by atoms with Gasteiger partial charge in [-0.05, 0) is 43.5 Å². The third-order valence-corrected chi connectivity index (χ3v) is 4.42. The summed E-state index contributed by atoms with van der Waals surface area (Å²) in [7, 11) is 0. The number of amides is 1. The first kappa shape index (κ1) is 23.3. The number of nitrogens with zero attached hydrogens (tertiary/aromatic N) is 1.